The molecule has 1 aliphatic carbocycles. The van der Waals surface area contributed by atoms with Gasteiger partial charge in [-0.05, 0) is 43.8 Å². The third kappa shape index (κ3) is 1.73. The van der Waals surface area contributed by atoms with Gasteiger partial charge in [-0.25, -0.2) is 4.39 Å². The predicted octanol–water partition coefficient (Wildman–Crippen LogP) is 2.49. The van der Waals surface area contributed by atoms with Crippen molar-refractivity contribution in [3.05, 3.63) is 29.8 Å². The molecule has 0 spiro atoms. The molecule has 1 aliphatic heterocycles. The number of methoxy groups -OCH3 is 1. The van der Waals surface area contributed by atoms with E-state index in [0.29, 0.717) is 30.4 Å². The van der Waals surface area contributed by atoms with E-state index < -0.39 is 5.67 Å². The third-order valence-electron chi connectivity index (χ3n) is 4.24. The standard InChI is InChI=1S/C14H18FNO/c1-17-13-5-3-2-4-12(13)14(15)6-10-8-16-9-11(10)7-14/h2-5,10-11,16H,6-9H2,1H3. The number of hydrogen-bond acceptors (Lipinski definition) is 2. The first kappa shape index (κ1) is 11.0. The molecule has 0 radical (unpaired) electrons. The molecule has 2 nitrogen and oxygen atoms in total. The van der Waals surface area contributed by atoms with Crippen molar-refractivity contribution in [3.8, 4) is 5.75 Å². The van der Waals surface area contributed by atoms with Crippen molar-refractivity contribution in [2.75, 3.05) is 20.2 Å². The van der Waals surface area contributed by atoms with Crippen LogP contribution in [0, 0.1) is 11.8 Å². The van der Waals surface area contributed by atoms with Crippen molar-refractivity contribution in [1.29, 1.82) is 0 Å². The molecule has 2 unspecified atom stereocenters. The van der Waals surface area contributed by atoms with E-state index >= 15 is 4.39 Å². The lowest BCUT2D eigenvalue weighted by Gasteiger charge is -2.23. The Morgan fingerprint density at radius 2 is 1.88 bits per heavy atom. The van der Waals surface area contributed by atoms with Crippen LogP contribution in [0.2, 0.25) is 0 Å². The second-order valence-corrected chi connectivity index (χ2v) is 5.25. The van der Waals surface area contributed by atoms with Gasteiger partial charge in [0.05, 0.1) is 7.11 Å². The van der Waals surface area contributed by atoms with Gasteiger partial charge in [0.2, 0.25) is 0 Å². The number of halogens is 1. The van der Waals surface area contributed by atoms with E-state index in [1.54, 1.807) is 7.11 Å². The van der Waals surface area contributed by atoms with E-state index in [1.165, 1.54) is 0 Å². The fraction of sp³-hybridized carbons (Fsp3) is 0.571. The summed E-state index contributed by atoms with van der Waals surface area (Å²) in [6.07, 6.45) is 1.26. The van der Waals surface area contributed by atoms with E-state index in [0.717, 1.165) is 18.7 Å². The van der Waals surface area contributed by atoms with Crippen LogP contribution in [0.5, 0.6) is 5.75 Å². The molecular formula is C14H18FNO. The number of ether oxygens (including phenoxy) is 1. The molecule has 0 amide bonds. The summed E-state index contributed by atoms with van der Waals surface area (Å²) in [4.78, 5) is 0. The van der Waals surface area contributed by atoms with Crippen LogP contribution in [0.3, 0.4) is 0 Å². The molecule has 2 aliphatic rings. The number of para-hydroxylation sites is 1. The molecule has 0 bridgehead atoms. The Balaban J connectivity index is 1.93. The quantitative estimate of drug-likeness (QED) is 0.850. The van der Waals surface area contributed by atoms with Gasteiger partial charge < -0.3 is 10.1 Å². The molecule has 1 saturated carbocycles. The van der Waals surface area contributed by atoms with Crippen molar-refractivity contribution in [3.63, 3.8) is 0 Å². The van der Waals surface area contributed by atoms with Gasteiger partial charge in [-0.2, -0.15) is 0 Å². The Kier molecular flexibility index (Phi) is 2.58. The molecule has 1 saturated heterocycles. The van der Waals surface area contributed by atoms with E-state index in [4.69, 9.17) is 4.74 Å². The van der Waals surface area contributed by atoms with Crippen LogP contribution in [0.15, 0.2) is 24.3 Å². The lowest BCUT2D eigenvalue weighted by Crippen LogP contribution is -2.21. The minimum atomic E-state index is -1.19. The van der Waals surface area contributed by atoms with Crippen LogP contribution in [-0.2, 0) is 5.67 Å². The average molecular weight is 235 g/mol. The van der Waals surface area contributed by atoms with E-state index in [1.807, 2.05) is 24.3 Å². The second kappa shape index (κ2) is 3.98. The van der Waals surface area contributed by atoms with E-state index in [2.05, 4.69) is 5.32 Å². The largest absolute Gasteiger partial charge is 0.496 e. The Labute approximate surface area is 101 Å². The zero-order valence-electron chi connectivity index (χ0n) is 10.1. The van der Waals surface area contributed by atoms with Crippen LogP contribution in [0.25, 0.3) is 0 Å². The Morgan fingerprint density at radius 1 is 1.24 bits per heavy atom. The highest BCUT2D eigenvalue weighted by Gasteiger charge is 2.49. The van der Waals surface area contributed by atoms with Gasteiger partial charge in [0.15, 0.2) is 0 Å². The summed E-state index contributed by atoms with van der Waals surface area (Å²) in [5.41, 5.74) is -0.457. The summed E-state index contributed by atoms with van der Waals surface area (Å²) in [5, 5.41) is 3.34. The maximum Gasteiger partial charge on any atom is 0.140 e. The molecule has 3 rings (SSSR count). The summed E-state index contributed by atoms with van der Waals surface area (Å²) in [6, 6.07) is 7.50. The molecule has 2 atom stereocenters. The molecule has 92 valence electrons. The Bertz CT molecular complexity index is 408. The molecular weight excluding hydrogens is 217 g/mol. The van der Waals surface area contributed by atoms with Gasteiger partial charge in [0.25, 0.3) is 0 Å². The average Bonchev–Trinajstić information content (AvgIpc) is 2.87. The maximum absolute atomic E-state index is 15.1. The molecule has 1 heterocycles. The van der Waals surface area contributed by atoms with Crippen molar-refractivity contribution >= 4 is 0 Å². The van der Waals surface area contributed by atoms with Gasteiger partial charge in [-0.15, -0.1) is 0 Å². The fourth-order valence-electron chi connectivity index (χ4n) is 3.41. The van der Waals surface area contributed by atoms with Gasteiger partial charge in [0.1, 0.15) is 11.4 Å². The van der Waals surface area contributed by atoms with Gasteiger partial charge in [0, 0.05) is 5.56 Å². The summed E-state index contributed by atoms with van der Waals surface area (Å²) in [5.74, 6) is 1.66. The highest BCUT2D eigenvalue weighted by Crippen LogP contribution is 2.51. The first-order valence-corrected chi connectivity index (χ1v) is 6.26. The number of alkyl halides is 1. The lowest BCUT2D eigenvalue weighted by molar-refractivity contribution is 0.155. The zero-order chi connectivity index (χ0) is 11.9. The smallest absolute Gasteiger partial charge is 0.140 e. The summed E-state index contributed by atoms with van der Waals surface area (Å²) in [6.45, 7) is 1.93. The first-order valence-electron chi connectivity index (χ1n) is 6.26. The Morgan fingerprint density at radius 3 is 2.53 bits per heavy atom. The molecule has 0 aromatic heterocycles. The topological polar surface area (TPSA) is 21.3 Å². The molecule has 1 N–H and O–H groups in total. The monoisotopic (exact) mass is 235 g/mol. The molecule has 2 fully saturated rings. The minimum absolute atomic E-state index is 0.491. The van der Waals surface area contributed by atoms with Crippen molar-refractivity contribution in [2.24, 2.45) is 11.8 Å². The normalized spacial score (nSPS) is 35.9. The SMILES string of the molecule is COc1ccccc1C1(F)CC2CNCC2C1. The molecule has 3 heteroatoms. The van der Waals surface area contributed by atoms with Gasteiger partial charge in [-0.1, -0.05) is 18.2 Å². The van der Waals surface area contributed by atoms with Crippen molar-refractivity contribution in [2.45, 2.75) is 18.5 Å². The fourth-order valence-corrected chi connectivity index (χ4v) is 3.41. The third-order valence-corrected chi connectivity index (χ3v) is 4.24. The highest BCUT2D eigenvalue weighted by atomic mass is 19.1. The van der Waals surface area contributed by atoms with E-state index in [9.17, 15) is 0 Å². The van der Waals surface area contributed by atoms with Crippen molar-refractivity contribution < 1.29 is 9.13 Å². The number of fused-ring (bicyclic) bond motifs is 1. The number of nitrogens with one attached hydrogen (secondary N) is 1. The van der Waals surface area contributed by atoms with Gasteiger partial charge in [-0.3, -0.25) is 0 Å². The van der Waals surface area contributed by atoms with Crippen LogP contribution >= 0.6 is 0 Å². The van der Waals surface area contributed by atoms with Crippen LogP contribution < -0.4 is 10.1 Å². The number of rotatable bonds is 2. The van der Waals surface area contributed by atoms with Gasteiger partial charge >= 0.3 is 0 Å². The Hall–Kier alpha value is -1.09. The predicted molar refractivity (Wildman–Crippen MR) is 64.9 cm³/mol. The summed E-state index contributed by atoms with van der Waals surface area (Å²) >= 11 is 0. The van der Waals surface area contributed by atoms with Crippen LogP contribution in [0.4, 0.5) is 4.39 Å². The number of hydrogen-bond donors (Lipinski definition) is 1. The van der Waals surface area contributed by atoms with Crippen LogP contribution in [0.1, 0.15) is 18.4 Å². The maximum atomic E-state index is 15.1. The highest BCUT2D eigenvalue weighted by molar-refractivity contribution is 5.39. The molecule has 1 aromatic carbocycles. The first-order chi connectivity index (χ1) is 8.23. The number of benzene rings is 1. The summed E-state index contributed by atoms with van der Waals surface area (Å²) in [7, 11) is 1.61. The second-order valence-electron chi connectivity index (χ2n) is 5.25. The molecule has 17 heavy (non-hydrogen) atoms. The van der Waals surface area contributed by atoms with E-state index in [-0.39, 0.29) is 0 Å². The minimum Gasteiger partial charge on any atom is -0.496 e. The van der Waals surface area contributed by atoms with Crippen molar-refractivity contribution in [1.82, 2.24) is 5.32 Å². The zero-order valence-corrected chi connectivity index (χ0v) is 10.1. The molecule has 1 aromatic rings. The lowest BCUT2D eigenvalue weighted by atomic mass is 9.91. The summed E-state index contributed by atoms with van der Waals surface area (Å²) < 4.78 is 20.4. The van der Waals surface area contributed by atoms with Crippen LogP contribution in [-0.4, -0.2) is 20.2 Å².